The number of hydrogen-bond donors (Lipinski definition) is 1. The second kappa shape index (κ2) is 4.21. The third kappa shape index (κ3) is 1.96. The van der Waals surface area contributed by atoms with Gasteiger partial charge in [-0.25, -0.2) is 13.2 Å². The van der Waals surface area contributed by atoms with Crippen LogP contribution in [0.25, 0.3) is 0 Å². The van der Waals surface area contributed by atoms with Gasteiger partial charge in [0.1, 0.15) is 5.82 Å². The molecule has 2 aliphatic heterocycles. The molecule has 0 radical (unpaired) electrons. The predicted molar refractivity (Wildman–Crippen MR) is 64.0 cm³/mol. The first-order valence-electron chi connectivity index (χ1n) is 6.50. The first-order chi connectivity index (χ1) is 8.90. The lowest BCUT2D eigenvalue weighted by Crippen LogP contribution is -2.48. The van der Waals surface area contributed by atoms with Gasteiger partial charge in [-0.15, -0.1) is 0 Å². The van der Waals surface area contributed by atoms with Gasteiger partial charge in [0.2, 0.25) is 0 Å². The maximum Gasteiger partial charge on any atom is 0.165 e. The molecule has 0 aliphatic carbocycles. The Morgan fingerprint density at radius 1 is 1.16 bits per heavy atom. The SMILES string of the molecule is CN1C2CCC1CC(O)(c1cc(F)cc(F)c1F)C2. The van der Waals surface area contributed by atoms with Gasteiger partial charge in [-0.2, -0.15) is 0 Å². The molecule has 1 aromatic carbocycles. The zero-order valence-corrected chi connectivity index (χ0v) is 10.7. The molecule has 2 saturated heterocycles. The zero-order valence-electron chi connectivity index (χ0n) is 10.7. The Bertz CT molecular complexity index is 506. The predicted octanol–water partition coefficient (Wildman–Crippen LogP) is 2.55. The molecule has 0 amide bonds. The van der Waals surface area contributed by atoms with E-state index in [9.17, 15) is 18.3 Å². The van der Waals surface area contributed by atoms with Crippen LogP contribution in [-0.2, 0) is 5.60 Å². The Balaban J connectivity index is 2.02. The minimum Gasteiger partial charge on any atom is -0.385 e. The highest BCUT2D eigenvalue weighted by Crippen LogP contribution is 2.45. The van der Waals surface area contributed by atoms with Crippen molar-refractivity contribution in [3.8, 4) is 0 Å². The lowest BCUT2D eigenvalue weighted by molar-refractivity contribution is -0.0521. The number of aliphatic hydroxyl groups is 1. The molecule has 3 rings (SSSR count). The number of halogens is 3. The molecule has 0 saturated carbocycles. The molecule has 0 spiro atoms. The summed E-state index contributed by atoms with van der Waals surface area (Å²) in [5.74, 6) is -3.23. The van der Waals surface area contributed by atoms with Crippen LogP contribution in [0.1, 0.15) is 31.2 Å². The Labute approximate surface area is 109 Å². The molecular formula is C14H16F3NO. The minimum absolute atomic E-state index is 0.148. The third-order valence-corrected chi connectivity index (χ3v) is 4.63. The normalized spacial score (nSPS) is 34.8. The van der Waals surface area contributed by atoms with E-state index in [2.05, 4.69) is 4.90 Å². The highest BCUT2D eigenvalue weighted by Gasteiger charge is 2.48. The Kier molecular flexibility index (Phi) is 2.87. The molecule has 2 bridgehead atoms. The highest BCUT2D eigenvalue weighted by molar-refractivity contribution is 5.28. The fourth-order valence-electron chi connectivity index (χ4n) is 3.56. The van der Waals surface area contributed by atoms with Gasteiger partial charge in [0.15, 0.2) is 11.6 Å². The van der Waals surface area contributed by atoms with Crippen LogP contribution in [0.2, 0.25) is 0 Å². The standard InChI is InChI=1S/C14H16F3NO/c1-18-9-2-3-10(18)7-14(19,6-9)11-4-8(15)5-12(16)13(11)17/h4-5,9-10,19H,2-3,6-7H2,1H3. The quantitative estimate of drug-likeness (QED) is 0.793. The largest absolute Gasteiger partial charge is 0.385 e. The Morgan fingerprint density at radius 3 is 2.32 bits per heavy atom. The van der Waals surface area contributed by atoms with Crippen molar-refractivity contribution in [3.63, 3.8) is 0 Å². The second-order valence-electron chi connectivity index (χ2n) is 5.74. The van der Waals surface area contributed by atoms with Gasteiger partial charge >= 0.3 is 0 Å². The average molecular weight is 271 g/mol. The smallest absolute Gasteiger partial charge is 0.165 e. The van der Waals surface area contributed by atoms with Crippen LogP contribution in [0, 0.1) is 17.5 Å². The van der Waals surface area contributed by atoms with Crippen molar-refractivity contribution >= 4 is 0 Å². The van der Waals surface area contributed by atoms with Crippen molar-refractivity contribution in [1.82, 2.24) is 4.90 Å². The third-order valence-electron chi connectivity index (χ3n) is 4.63. The van der Waals surface area contributed by atoms with Crippen molar-refractivity contribution in [2.45, 2.75) is 43.4 Å². The summed E-state index contributed by atoms with van der Waals surface area (Å²) in [7, 11) is 1.98. The zero-order chi connectivity index (χ0) is 13.8. The van der Waals surface area contributed by atoms with Crippen LogP contribution >= 0.6 is 0 Å². The van der Waals surface area contributed by atoms with Crippen molar-refractivity contribution in [1.29, 1.82) is 0 Å². The first kappa shape index (κ1) is 12.9. The van der Waals surface area contributed by atoms with Gasteiger partial charge in [-0.05, 0) is 38.8 Å². The topological polar surface area (TPSA) is 23.5 Å². The lowest BCUT2D eigenvalue weighted by atomic mass is 9.80. The van der Waals surface area contributed by atoms with Crippen molar-refractivity contribution in [2.75, 3.05) is 7.05 Å². The van der Waals surface area contributed by atoms with Crippen LogP contribution in [0.5, 0.6) is 0 Å². The summed E-state index contributed by atoms with van der Waals surface area (Å²) in [4.78, 5) is 2.17. The fourth-order valence-corrected chi connectivity index (χ4v) is 3.56. The van der Waals surface area contributed by atoms with Gasteiger partial charge in [-0.1, -0.05) is 0 Å². The molecule has 0 aromatic heterocycles. The maximum atomic E-state index is 13.9. The van der Waals surface area contributed by atoms with E-state index in [1.54, 1.807) is 0 Å². The minimum atomic E-state index is -1.47. The summed E-state index contributed by atoms with van der Waals surface area (Å²) < 4.78 is 40.5. The molecule has 2 nitrogen and oxygen atoms in total. The average Bonchev–Trinajstić information content (AvgIpc) is 2.58. The highest BCUT2D eigenvalue weighted by atomic mass is 19.2. The summed E-state index contributed by atoms with van der Waals surface area (Å²) in [5.41, 5.74) is -1.71. The number of nitrogens with zero attached hydrogens (tertiary/aromatic N) is 1. The number of piperidine rings is 1. The van der Waals surface area contributed by atoms with Gasteiger partial charge in [0.25, 0.3) is 0 Å². The molecule has 2 heterocycles. The fraction of sp³-hybridized carbons (Fsp3) is 0.571. The van der Waals surface area contributed by atoms with Crippen LogP contribution < -0.4 is 0 Å². The molecule has 104 valence electrons. The summed E-state index contributed by atoms with van der Waals surface area (Å²) in [6.45, 7) is 0. The van der Waals surface area contributed by atoms with Crippen LogP contribution in [-0.4, -0.2) is 29.1 Å². The van der Waals surface area contributed by atoms with E-state index in [1.807, 2.05) is 7.05 Å². The molecular weight excluding hydrogens is 255 g/mol. The Morgan fingerprint density at radius 2 is 1.74 bits per heavy atom. The first-order valence-corrected chi connectivity index (χ1v) is 6.50. The van der Waals surface area contributed by atoms with Gasteiger partial charge in [0, 0.05) is 23.7 Å². The summed E-state index contributed by atoms with van der Waals surface area (Å²) in [6.07, 6.45) is 2.51. The number of fused-ring (bicyclic) bond motifs is 2. The molecule has 2 aliphatic rings. The maximum absolute atomic E-state index is 13.9. The van der Waals surface area contributed by atoms with E-state index in [-0.39, 0.29) is 17.6 Å². The number of benzene rings is 1. The molecule has 5 heteroatoms. The van der Waals surface area contributed by atoms with Crippen LogP contribution in [0.3, 0.4) is 0 Å². The summed E-state index contributed by atoms with van der Waals surface area (Å²) >= 11 is 0. The van der Waals surface area contributed by atoms with Gasteiger partial charge < -0.3 is 10.0 Å². The monoisotopic (exact) mass is 271 g/mol. The molecule has 2 atom stereocenters. The number of hydrogen-bond acceptors (Lipinski definition) is 2. The van der Waals surface area contributed by atoms with Crippen molar-refractivity contribution in [2.24, 2.45) is 0 Å². The van der Waals surface area contributed by atoms with Gasteiger partial charge in [-0.3, -0.25) is 0 Å². The number of rotatable bonds is 1. The van der Waals surface area contributed by atoms with E-state index in [4.69, 9.17) is 0 Å². The van der Waals surface area contributed by atoms with E-state index in [0.29, 0.717) is 18.9 Å². The molecule has 2 unspecified atom stereocenters. The Hall–Kier alpha value is -1.07. The summed E-state index contributed by atoms with van der Waals surface area (Å²) in [6, 6.07) is 1.72. The summed E-state index contributed by atoms with van der Waals surface area (Å²) in [5, 5.41) is 10.7. The van der Waals surface area contributed by atoms with Crippen LogP contribution in [0.4, 0.5) is 13.2 Å². The van der Waals surface area contributed by atoms with Crippen molar-refractivity contribution < 1.29 is 18.3 Å². The van der Waals surface area contributed by atoms with Crippen molar-refractivity contribution in [3.05, 3.63) is 35.1 Å². The van der Waals surface area contributed by atoms with E-state index >= 15 is 0 Å². The van der Waals surface area contributed by atoms with E-state index in [1.165, 1.54) is 0 Å². The van der Waals surface area contributed by atoms with Gasteiger partial charge in [0.05, 0.1) is 5.60 Å². The van der Waals surface area contributed by atoms with Crippen LogP contribution in [0.15, 0.2) is 12.1 Å². The molecule has 19 heavy (non-hydrogen) atoms. The molecule has 2 fully saturated rings. The lowest BCUT2D eigenvalue weighted by Gasteiger charge is -2.42. The molecule has 1 aromatic rings. The molecule has 1 N–H and O–H groups in total. The van der Waals surface area contributed by atoms with E-state index in [0.717, 1.165) is 18.9 Å². The van der Waals surface area contributed by atoms with E-state index < -0.39 is 23.1 Å². The second-order valence-corrected chi connectivity index (χ2v) is 5.74.